The minimum absolute atomic E-state index is 0. The predicted octanol–water partition coefficient (Wildman–Crippen LogP) is 1.24. The van der Waals surface area contributed by atoms with E-state index in [0.717, 1.165) is 19.6 Å². The average molecular weight is 234 g/mol. The van der Waals surface area contributed by atoms with Crippen molar-refractivity contribution in [3.05, 3.63) is 11.7 Å². The molecular weight excluding hydrogens is 218 g/mol. The van der Waals surface area contributed by atoms with Gasteiger partial charge in [-0.05, 0) is 20.3 Å². The van der Waals surface area contributed by atoms with Crippen LogP contribution in [0.1, 0.15) is 31.1 Å². The normalized spacial score (nSPS) is 25.2. The van der Waals surface area contributed by atoms with Crippen molar-refractivity contribution in [2.45, 2.75) is 32.4 Å². The van der Waals surface area contributed by atoms with Gasteiger partial charge in [-0.15, -0.1) is 12.4 Å². The van der Waals surface area contributed by atoms with E-state index >= 15 is 0 Å². The Morgan fingerprint density at radius 3 is 3.00 bits per heavy atom. The summed E-state index contributed by atoms with van der Waals surface area (Å²) in [5.74, 6) is 1.35. The van der Waals surface area contributed by atoms with Gasteiger partial charge in [0.15, 0.2) is 5.82 Å². The Bertz CT molecular complexity index is 305. The first-order chi connectivity index (χ1) is 6.79. The second-order valence-corrected chi connectivity index (χ2v) is 3.45. The van der Waals surface area contributed by atoms with Crippen LogP contribution in [0.5, 0.6) is 0 Å². The Labute approximate surface area is 95.0 Å². The van der Waals surface area contributed by atoms with Gasteiger partial charge in [-0.25, -0.2) is 0 Å². The molecule has 0 saturated carbocycles. The van der Waals surface area contributed by atoms with Crippen molar-refractivity contribution < 1.29 is 9.26 Å². The number of aryl methyl sites for hydroxylation is 1. The molecule has 0 spiro atoms. The van der Waals surface area contributed by atoms with Crippen molar-refractivity contribution in [2.24, 2.45) is 0 Å². The summed E-state index contributed by atoms with van der Waals surface area (Å²) < 4.78 is 10.6. The highest BCUT2D eigenvalue weighted by Gasteiger charge is 2.29. The highest BCUT2D eigenvalue weighted by Crippen LogP contribution is 2.23. The van der Waals surface area contributed by atoms with Crippen molar-refractivity contribution in [1.82, 2.24) is 15.5 Å². The van der Waals surface area contributed by atoms with Crippen LogP contribution in [0.15, 0.2) is 4.52 Å². The van der Waals surface area contributed by atoms with E-state index in [1.54, 1.807) is 0 Å². The van der Waals surface area contributed by atoms with Gasteiger partial charge in [0, 0.05) is 13.2 Å². The molecule has 1 fully saturated rings. The molecule has 1 aliphatic heterocycles. The van der Waals surface area contributed by atoms with E-state index in [4.69, 9.17) is 9.26 Å². The fraction of sp³-hybridized carbons (Fsp3) is 0.778. The Morgan fingerprint density at radius 2 is 2.40 bits per heavy atom. The van der Waals surface area contributed by atoms with Crippen LogP contribution < -0.4 is 5.32 Å². The van der Waals surface area contributed by atoms with Gasteiger partial charge >= 0.3 is 0 Å². The summed E-state index contributed by atoms with van der Waals surface area (Å²) in [5, 5.41) is 7.07. The third kappa shape index (κ3) is 2.90. The van der Waals surface area contributed by atoms with Crippen LogP contribution in [0.25, 0.3) is 0 Å². The molecule has 1 aromatic rings. The van der Waals surface area contributed by atoms with Crippen LogP contribution in [0.3, 0.4) is 0 Å². The molecule has 2 rings (SSSR count). The van der Waals surface area contributed by atoms with E-state index in [1.807, 2.05) is 13.8 Å². The maximum absolute atomic E-state index is 5.51. The SMILES string of the molecule is CCO[C@@H]1CN[C@@H](c2nc(C)no2)C1.Cl. The number of halogens is 1. The lowest BCUT2D eigenvalue weighted by Crippen LogP contribution is -2.17. The molecule has 2 atom stereocenters. The standard InChI is InChI=1S/C9H15N3O2.ClH/c1-3-13-7-4-8(10-5-7)9-11-6(2)12-14-9;/h7-8,10H,3-5H2,1-2H3;1H/t7-,8+;/m0./s1. The smallest absolute Gasteiger partial charge is 0.243 e. The number of aromatic nitrogens is 2. The highest BCUT2D eigenvalue weighted by atomic mass is 35.5. The Kier molecular flexibility index (Phi) is 4.50. The third-order valence-electron chi connectivity index (χ3n) is 2.33. The molecule has 0 aromatic carbocycles. The predicted molar refractivity (Wildman–Crippen MR) is 57.1 cm³/mol. The molecule has 1 aromatic heterocycles. The number of rotatable bonds is 3. The van der Waals surface area contributed by atoms with Crippen LogP contribution in [0.4, 0.5) is 0 Å². The number of hydrogen-bond acceptors (Lipinski definition) is 5. The number of nitrogens with zero attached hydrogens (tertiary/aromatic N) is 2. The molecule has 0 bridgehead atoms. The van der Waals surface area contributed by atoms with Crippen molar-refractivity contribution in [3.8, 4) is 0 Å². The van der Waals surface area contributed by atoms with Gasteiger partial charge in [-0.3, -0.25) is 0 Å². The van der Waals surface area contributed by atoms with Gasteiger partial charge in [-0.2, -0.15) is 4.98 Å². The first-order valence-corrected chi connectivity index (χ1v) is 4.94. The monoisotopic (exact) mass is 233 g/mol. The molecule has 1 aliphatic rings. The van der Waals surface area contributed by atoms with Gasteiger partial charge in [0.1, 0.15) is 0 Å². The molecule has 2 heterocycles. The van der Waals surface area contributed by atoms with Crippen molar-refractivity contribution >= 4 is 12.4 Å². The van der Waals surface area contributed by atoms with Gasteiger partial charge in [0.05, 0.1) is 12.1 Å². The molecule has 0 aliphatic carbocycles. The first-order valence-electron chi connectivity index (χ1n) is 4.94. The molecule has 0 radical (unpaired) electrons. The molecule has 1 saturated heterocycles. The van der Waals surface area contributed by atoms with Crippen LogP contribution in [-0.2, 0) is 4.74 Å². The minimum atomic E-state index is 0. The maximum Gasteiger partial charge on any atom is 0.243 e. The summed E-state index contributed by atoms with van der Waals surface area (Å²) in [6, 6.07) is 0.160. The zero-order valence-corrected chi connectivity index (χ0v) is 9.71. The summed E-state index contributed by atoms with van der Waals surface area (Å²) in [6.45, 7) is 5.44. The molecule has 0 amide bonds. The van der Waals surface area contributed by atoms with Gasteiger partial charge < -0.3 is 14.6 Å². The highest BCUT2D eigenvalue weighted by molar-refractivity contribution is 5.85. The van der Waals surface area contributed by atoms with Gasteiger partial charge in [0.2, 0.25) is 5.89 Å². The zero-order chi connectivity index (χ0) is 9.97. The van der Waals surface area contributed by atoms with E-state index in [2.05, 4.69) is 15.5 Å². The largest absolute Gasteiger partial charge is 0.377 e. The summed E-state index contributed by atoms with van der Waals surface area (Å²) in [4.78, 5) is 4.19. The van der Waals surface area contributed by atoms with Crippen LogP contribution in [0.2, 0.25) is 0 Å². The Hall–Kier alpha value is -0.650. The summed E-state index contributed by atoms with van der Waals surface area (Å²) in [7, 11) is 0. The zero-order valence-electron chi connectivity index (χ0n) is 8.90. The fourth-order valence-corrected chi connectivity index (χ4v) is 1.71. The molecule has 5 nitrogen and oxygen atoms in total. The Morgan fingerprint density at radius 1 is 1.60 bits per heavy atom. The van der Waals surface area contributed by atoms with E-state index in [-0.39, 0.29) is 24.6 Å². The van der Waals surface area contributed by atoms with Crippen LogP contribution in [0, 0.1) is 6.92 Å². The topological polar surface area (TPSA) is 60.2 Å². The van der Waals surface area contributed by atoms with E-state index < -0.39 is 0 Å². The average Bonchev–Trinajstić information content (AvgIpc) is 2.74. The Balaban J connectivity index is 0.00000112. The van der Waals surface area contributed by atoms with Crippen LogP contribution >= 0.6 is 12.4 Å². The third-order valence-corrected chi connectivity index (χ3v) is 2.33. The van der Waals surface area contributed by atoms with Gasteiger partial charge in [-0.1, -0.05) is 5.16 Å². The number of hydrogen-bond donors (Lipinski definition) is 1. The first kappa shape index (κ1) is 12.4. The van der Waals surface area contributed by atoms with Crippen molar-refractivity contribution in [3.63, 3.8) is 0 Å². The lowest BCUT2D eigenvalue weighted by molar-refractivity contribution is 0.0749. The molecule has 15 heavy (non-hydrogen) atoms. The lowest BCUT2D eigenvalue weighted by Gasteiger charge is -2.06. The van der Waals surface area contributed by atoms with E-state index in [0.29, 0.717) is 11.7 Å². The molecule has 6 heteroatoms. The second kappa shape index (κ2) is 5.44. The van der Waals surface area contributed by atoms with Gasteiger partial charge in [0.25, 0.3) is 0 Å². The number of nitrogens with one attached hydrogen (secondary N) is 1. The number of ether oxygens (including phenoxy) is 1. The quantitative estimate of drug-likeness (QED) is 0.851. The second-order valence-electron chi connectivity index (χ2n) is 3.45. The summed E-state index contributed by atoms with van der Waals surface area (Å²) in [6.07, 6.45) is 1.19. The lowest BCUT2D eigenvalue weighted by atomic mass is 10.2. The summed E-state index contributed by atoms with van der Waals surface area (Å²) >= 11 is 0. The maximum atomic E-state index is 5.51. The molecule has 1 N–H and O–H groups in total. The molecule has 86 valence electrons. The molecular formula is C9H16ClN3O2. The minimum Gasteiger partial charge on any atom is -0.377 e. The summed E-state index contributed by atoms with van der Waals surface area (Å²) in [5.41, 5.74) is 0. The van der Waals surface area contributed by atoms with Crippen molar-refractivity contribution in [2.75, 3.05) is 13.2 Å². The molecule has 0 unspecified atom stereocenters. The fourth-order valence-electron chi connectivity index (χ4n) is 1.71. The van der Waals surface area contributed by atoms with Crippen LogP contribution in [-0.4, -0.2) is 29.4 Å². The van der Waals surface area contributed by atoms with Crippen molar-refractivity contribution in [1.29, 1.82) is 0 Å². The van der Waals surface area contributed by atoms with E-state index in [9.17, 15) is 0 Å². The van der Waals surface area contributed by atoms with E-state index in [1.165, 1.54) is 0 Å².